The zero-order valence-corrected chi connectivity index (χ0v) is 11.8. The van der Waals surface area contributed by atoms with Gasteiger partial charge >= 0.3 is 0 Å². The first-order chi connectivity index (χ1) is 8.65. The number of nitrogens with two attached hydrogens (primary N) is 1. The first-order valence-electron chi connectivity index (χ1n) is 5.96. The first kappa shape index (κ1) is 15.1. The molecule has 4 nitrogen and oxygen atoms in total. The second-order valence-electron chi connectivity index (χ2n) is 4.03. The van der Waals surface area contributed by atoms with Crippen LogP contribution < -0.4 is 5.73 Å². The number of nitrogen functional groups attached to an aromatic ring is 1. The highest BCUT2D eigenvalue weighted by molar-refractivity contribution is 7.85. The van der Waals surface area contributed by atoms with Crippen LogP contribution in [0.25, 0.3) is 0 Å². The highest BCUT2D eigenvalue weighted by Crippen LogP contribution is 2.15. The van der Waals surface area contributed by atoms with Crippen LogP contribution in [0.4, 0.5) is 5.69 Å². The van der Waals surface area contributed by atoms with Crippen molar-refractivity contribution in [3.05, 3.63) is 23.8 Å². The summed E-state index contributed by atoms with van der Waals surface area (Å²) in [5, 5.41) is 0. The van der Waals surface area contributed by atoms with Crippen molar-refractivity contribution >= 4 is 16.5 Å². The largest absolute Gasteiger partial charge is 0.399 e. The Morgan fingerprint density at radius 3 is 2.72 bits per heavy atom. The Balaban J connectivity index is 2.30. The zero-order chi connectivity index (χ0) is 13.4. The molecule has 0 amide bonds. The summed E-state index contributed by atoms with van der Waals surface area (Å²) in [5.41, 5.74) is 7.41. The normalized spacial score (nSPS) is 12.6. The minimum absolute atomic E-state index is 0.500. The van der Waals surface area contributed by atoms with Gasteiger partial charge in [0.2, 0.25) is 0 Å². The molecule has 102 valence electrons. The van der Waals surface area contributed by atoms with Gasteiger partial charge in [-0.3, -0.25) is 4.21 Å². The Morgan fingerprint density at radius 2 is 2.06 bits per heavy atom. The summed E-state index contributed by atoms with van der Waals surface area (Å²) >= 11 is 0. The van der Waals surface area contributed by atoms with Crippen LogP contribution >= 0.6 is 0 Å². The van der Waals surface area contributed by atoms with E-state index in [2.05, 4.69) is 0 Å². The summed E-state index contributed by atoms with van der Waals surface area (Å²) in [7, 11) is 0.644. The van der Waals surface area contributed by atoms with Gasteiger partial charge in [0.1, 0.15) is 0 Å². The fourth-order valence-corrected chi connectivity index (χ4v) is 2.48. The molecule has 0 spiro atoms. The molecule has 0 aromatic heterocycles. The molecule has 1 atom stereocenters. The Morgan fingerprint density at radius 1 is 1.28 bits per heavy atom. The van der Waals surface area contributed by atoms with Gasteiger partial charge < -0.3 is 15.2 Å². The number of anilines is 1. The standard InChI is InChI=1S/C13H21NO3S/c1-11-10-12(4-5-13(11)14)18(15)9-8-17-7-3-6-16-2/h4-5,10H,3,6-9,14H2,1-2H3. The summed E-state index contributed by atoms with van der Waals surface area (Å²) in [6, 6.07) is 5.47. The molecule has 0 bridgehead atoms. The van der Waals surface area contributed by atoms with Crippen molar-refractivity contribution in [1.82, 2.24) is 0 Å². The molecule has 0 saturated carbocycles. The van der Waals surface area contributed by atoms with Crippen molar-refractivity contribution in [3.8, 4) is 0 Å². The van der Waals surface area contributed by atoms with Crippen LogP contribution in [-0.2, 0) is 20.3 Å². The zero-order valence-electron chi connectivity index (χ0n) is 11.0. The van der Waals surface area contributed by atoms with Gasteiger partial charge in [-0.1, -0.05) is 0 Å². The fourth-order valence-electron chi connectivity index (χ4n) is 1.45. The Labute approximate surface area is 111 Å². The molecule has 18 heavy (non-hydrogen) atoms. The lowest BCUT2D eigenvalue weighted by Gasteiger charge is -2.06. The van der Waals surface area contributed by atoms with Gasteiger partial charge in [-0.25, -0.2) is 0 Å². The smallest absolute Gasteiger partial charge is 0.0585 e. The quantitative estimate of drug-likeness (QED) is 0.578. The molecular formula is C13H21NO3S. The lowest BCUT2D eigenvalue weighted by molar-refractivity contribution is 0.112. The minimum atomic E-state index is -1.02. The lowest BCUT2D eigenvalue weighted by atomic mass is 10.2. The minimum Gasteiger partial charge on any atom is -0.399 e. The molecule has 2 N–H and O–H groups in total. The summed E-state index contributed by atoms with van der Waals surface area (Å²) in [6.45, 7) is 3.75. The Kier molecular flexibility index (Phi) is 6.93. The van der Waals surface area contributed by atoms with Crippen molar-refractivity contribution in [2.45, 2.75) is 18.2 Å². The van der Waals surface area contributed by atoms with Crippen molar-refractivity contribution < 1.29 is 13.7 Å². The van der Waals surface area contributed by atoms with E-state index in [1.165, 1.54) is 0 Å². The highest BCUT2D eigenvalue weighted by atomic mass is 32.2. The van der Waals surface area contributed by atoms with Crippen molar-refractivity contribution in [3.63, 3.8) is 0 Å². The maximum Gasteiger partial charge on any atom is 0.0585 e. The number of hydrogen-bond donors (Lipinski definition) is 1. The summed E-state index contributed by atoms with van der Waals surface area (Å²) < 4.78 is 22.3. The molecule has 0 aliphatic carbocycles. The summed E-state index contributed by atoms with van der Waals surface area (Å²) in [4.78, 5) is 0.808. The van der Waals surface area contributed by atoms with Crippen LogP contribution in [0.1, 0.15) is 12.0 Å². The Hall–Kier alpha value is -0.910. The van der Waals surface area contributed by atoms with Crippen LogP contribution in [-0.4, -0.2) is 36.9 Å². The second kappa shape index (κ2) is 8.24. The van der Waals surface area contributed by atoms with Gasteiger partial charge in [-0.2, -0.15) is 0 Å². The summed E-state index contributed by atoms with van der Waals surface area (Å²) in [5.74, 6) is 0.510. The van der Waals surface area contributed by atoms with Gasteiger partial charge in [-0.05, 0) is 37.1 Å². The number of ether oxygens (including phenoxy) is 2. The molecule has 0 aliphatic heterocycles. The van der Waals surface area contributed by atoms with Crippen molar-refractivity contribution in [2.75, 3.05) is 38.4 Å². The van der Waals surface area contributed by atoms with Crippen LogP contribution in [0.2, 0.25) is 0 Å². The molecule has 0 fully saturated rings. The molecule has 0 saturated heterocycles. The second-order valence-corrected chi connectivity index (χ2v) is 5.60. The van der Waals surface area contributed by atoms with Crippen molar-refractivity contribution in [2.24, 2.45) is 0 Å². The predicted molar refractivity (Wildman–Crippen MR) is 74.2 cm³/mol. The van der Waals surface area contributed by atoms with E-state index in [4.69, 9.17) is 15.2 Å². The average molecular weight is 271 g/mol. The van der Waals surface area contributed by atoms with Crippen LogP contribution in [0.3, 0.4) is 0 Å². The number of methoxy groups -OCH3 is 1. The van der Waals surface area contributed by atoms with E-state index in [0.717, 1.165) is 22.6 Å². The van der Waals surface area contributed by atoms with E-state index >= 15 is 0 Å². The molecule has 1 rings (SSSR count). The topological polar surface area (TPSA) is 61.5 Å². The van der Waals surface area contributed by atoms with Crippen LogP contribution in [0, 0.1) is 6.92 Å². The van der Waals surface area contributed by atoms with E-state index in [-0.39, 0.29) is 0 Å². The maximum atomic E-state index is 12.0. The third kappa shape index (κ3) is 5.16. The van der Waals surface area contributed by atoms with Gasteiger partial charge in [0.05, 0.1) is 23.2 Å². The fraction of sp³-hybridized carbons (Fsp3) is 0.538. The van der Waals surface area contributed by atoms with E-state index < -0.39 is 10.8 Å². The third-order valence-corrected chi connectivity index (χ3v) is 3.87. The average Bonchev–Trinajstić information content (AvgIpc) is 2.36. The van der Waals surface area contributed by atoms with E-state index in [1.54, 1.807) is 13.2 Å². The number of benzene rings is 1. The number of hydrogen-bond acceptors (Lipinski definition) is 4. The van der Waals surface area contributed by atoms with Gasteiger partial charge in [0.15, 0.2) is 0 Å². The van der Waals surface area contributed by atoms with Crippen LogP contribution in [0.15, 0.2) is 23.1 Å². The van der Waals surface area contributed by atoms with Gasteiger partial charge in [0.25, 0.3) is 0 Å². The van der Waals surface area contributed by atoms with E-state index in [0.29, 0.717) is 25.6 Å². The molecule has 0 aliphatic rings. The Bertz CT molecular complexity index is 396. The third-order valence-electron chi connectivity index (χ3n) is 2.55. The lowest BCUT2D eigenvalue weighted by Crippen LogP contribution is -2.08. The highest BCUT2D eigenvalue weighted by Gasteiger charge is 2.05. The van der Waals surface area contributed by atoms with Gasteiger partial charge in [-0.15, -0.1) is 0 Å². The SMILES string of the molecule is COCCCOCCS(=O)c1ccc(N)c(C)c1. The molecule has 5 heteroatoms. The molecule has 1 aromatic carbocycles. The molecule has 0 heterocycles. The van der Waals surface area contributed by atoms with E-state index in [9.17, 15) is 4.21 Å². The predicted octanol–water partition coefficient (Wildman–Crippen LogP) is 1.74. The van der Waals surface area contributed by atoms with Crippen LogP contribution in [0.5, 0.6) is 0 Å². The maximum absolute atomic E-state index is 12.0. The molecule has 1 aromatic rings. The molecular weight excluding hydrogens is 250 g/mol. The summed E-state index contributed by atoms with van der Waals surface area (Å²) in [6.07, 6.45) is 0.865. The van der Waals surface area contributed by atoms with Gasteiger partial charge in [0, 0.05) is 30.9 Å². The number of rotatable bonds is 8. The first-order valence-corrected chi connectivity index (χ1v) is 7.28. The monoisotopic (exact) mass is 271 g/mol. The van der Waals surface area contributed by atoms with E-state index in [1.807, 2.05) is 19.1 Å². The van der Waals surface area contributed by atoms with Crippen molar-refractivity contribution in [1.29, 1.82) is 0 Å². The molecule has 1 unspecified atom stereocenters. The molecule has 0 radical (unpaired) electrons. The number of aryl methyl sites for hydroxylation is 1.